The zero-order valence-electron chi connectivity index (χ0n) is 14.7. The van der Waals surface area contributed by atoms with Gasteiger partial charge in [0.2, 0.25) is 5.82 Å². The van der Waals surface area contributed by atoms with E-state index in [4.69, 9.17) is 4.52 Å². The van der Waals surface area contributed by atoms with Crippen LogP contribution in [0.1, 0.15) is 18.4 Å². The molecule has 4 rings (SSSR count). The standard InChI is InChI=1S/C19H15N5O4/c1-11-15(18-22-17(23-28-18)12-6-3-2-4-7-12)16(21-19(25)20-11)13-8-5-9-14(10-13)24(26)27/h2-11H,1H3,(H2,20,21,25). The molecule has 0 bridgehead atoms. The monoisotopic (exact) mass is 377 g/mol. The number of hydrogen-bond donors (Lipinski definition) is 2. The molecular formula is C19H15N5O4. The first-order valence-corrected chi connectivity index (χ1v) is 8.49. The lowest BCUT2D eigenvalue weighted by Gasteiger charge is -2.26. The SMILES string of the molecule is CC1NC(=O)NC(c2cccc([N+](=O)[O-])c2)=C1c1nc(-c2ccccc2)no1. The molecular weight excluding hydrogens is 362 g/mol. The summed E-state index contributed by atoms with van der Waals surface area (Å²) in [6.07, 6.45) is 0. The molecule has 0 spiro atoms. The van der Waals surface area contributed by atoms with Crippen LogP contribution in [-0.2, 0) is 0 Å². The zero-order valence-corrected chi connectivity index (χ0v) is 14.7. The summed E-state index contributed by atoms with van der Waals surface area (Å²) in [5.41, 5.74) is 2.12. The molecule has 9 heteroatoms. The number of benzene rings is 2. The van der Waals surface area contributed by atoms with Gasteiger partial charge in [-0.2, -0.15) is 4.98 Å². The lowest BCUT2D eigenvalue weighted by molar-refractivity contribution is -0.384. The fourth-order valence-electron chi connectivity index (χ4n) is 3.03. The highest BCUT2D eigenvalue weighted by atomic mass is 16.6. The van der Waals surface area contributed by atoms with Gasteiger partial charge < -0.3 is 15.2 Å². The first-order valence-electron chi connectivity index (χ1n) is 8.49. The van der Waals surface area contributed by atoms with Crippen LogP contribution < -0.4 is 10.6 Å². The molecule has 1 unspecified atom stereocenters. The van der Waals surface area contributed by atoms with Gasteiger partial charge in [-0.15, -0.1) is 0 Å². The number of nitro groups is 1. The fraction of sp³-hybridized carbons (Fsp3) is 0.105. The van der Waals surface area contributed by atoms with Crippen molar-refractivity contribution in [2.45, 2.75) is 13.0 Å². The molecule has 2 N–H and O–H groups in total. The summed E-state index contributed by atoms with van der Waals surface area (Å²) >= 11 is 0. The van der Waals surface area contributed by atoms with Gasteiger partial charge in [0.15, 0.2) is 0 Å². The number of aromatic nitrogens is 2. The Kier molecular flexibility index (Phi) is 4.32. The van der Waals surface area contributed by atoms with Crippen LogP contribution in [0.15, 0.2) is 59.1 Å². The molecule has 0 fully saturated rings. The van der Waals surface area contributed by atoms with E-state index in [-0.39, 0.29) is 11.6 Å². The van der Waals surface area contributed by atoms with E-state index < -0.39 is 17.0 Å². The fourth-order valence-corrected chi connectivity index (χ4v) is 3.03. The number of nitrogens with one attached hydrogen (secondary N) is 2. The summed E-state index contributed by atoms with van der Waals surface area (Å²) in [4.78, 5) is 27.1. The minimum Gasteiger partial charge on any atom is -0.334 e. The van der Waals surface area contributed by atoms with Crippen LogP contribution in [0.4, 0.5) is 10.5 Å². The molecule has 0 saturated carbocycles. The Balaban J connectivity index is 1.84. The lowest BCUT2D eigenvalue weighted by Crippen LogP contribution is -2.46. The molecule has 0 radical (unpaired) electrons. The highest BCUT2D eigenvalue weighted by molar-refractivity contribution is 6.01. The van der Waals surface area contributed by atoms with E-state index in [2.05, 4.69) is 20.8 Å². The second kappa shape index (κ2) is 6.95. The van der Waals surface area contributed by atoms with E-state index in [1.54, 1.807) is 19.1 Å². The number of amides is 2. The molecule has 1 aliphatic heterocycles. The first kappa shape index (κ1) is 17.4. The Bertz CT molecular complexity index is 1090. The smallest absolute Gasteiger partial charge is 0.319 e. The van der Waals surface area contributed by atoms with Crippen LogP contribution >= 0.6 is 0 Å². The molecule has 140 valence electrons. The highest BCUT2D eigenvalue weighted by Crippen LogP contribution is 2.31. The third kappa shape index (κ3) is 3.20. The van der Waals surface area contributed by atoms with E-state index in [0.717, 1.165) is 5.56 Å². The Hall–Kier alpha value is -4.01. The molecule has 0 aliphatic carbocycles. The molecule has 0 saturated heterocycles. The predicted octanol–water partition coefficient (Wildman–Crippen LogP) is 3.21. The minimum absolute atomic E-state index is 0.0831. The Morgan fingerprint density at radius 2 is 1.86 bits per heavy atom. The number of nitrogens with zero attached hydrogens (tertiary/aromatic N) is 3. The summed E-state index contributed by atoms with van der Waals surface area (Å²) in [6, 6.07) is 14.5. The van der Waals surface area contributed by atoms with Crippen molar-refractivity contribution in [2.24, 2.45) is 0 Å². The van der Waals surface area contributed by atoms with Gasteiger partial charge in [0.05, 0.1) is 22.2 Å². The first-order chi connectivity index (χ1) is 13.5. The number of rotatable bonds is 4. The summed E-state index contributed by atoms with van der Waals surface area (Å²) in [6.45, 7) is 1.78. The van der Waals surface area contributed by atoms with Crippen LogP contribution in [0.3, 0.4) is 0 Å². The molecule has 9 nitrogen and oxygen atoms in total. The second-order valence-corrected chi connectivity index (χ2v) is 6.21. The molecule has 3 aromatic rings. The number of carbonyl (C=O) groups is 1. The van der Waals surface area contributed by atoms with Crippen molar-refractivity contribution in [3.8, 4) is 11.4 Å². The maximum Gasteiger partial charge on any atom is 0.319 e. The number of non-ortho nitro benzene ring substituents is 1. The van der Waals surface area contributed by atoms with E-state index >= 15 is 0 Å². The van der Waals surface area contributed by atoms with Gasteiger partial charge in [-0.1, -0.05) is 47.6 Å². The van der Waals surface area contributed by atoms with Gasteiger partial charge in [-0.05, 0) is 6.92 Å². The largest absolute Gasteiger partial charge is 0.334 e. The topological polar surface area (TPSA) is 123 Å². The van der Waals surface area contributed by atoms with Gasteiger partial charge in [0.25, 0.3) is 11.6 Å². The highest BCUT2D eigenvalue weighted by Gasteiger charge is 2.30. The van der Waals surface area contributed by atoms with Gasteiger partial charge in [-0.3, -0.25) is 10.1 Å². The summed E-state index contributed by atoms with van der Waals surface area (Å²) < 4.78 is 5.45. The van der Waals surface area contributed by atoms with Crippen molar-refractivity contribution in [3.63, 3.8) is 0 Å². The van der Waals surface area contributed by atoms with Crippen LogP contribution in [0.5, 0.6) is 0 Å². The van der Waals surface area contributed by atoms with Crippen molar-refractivity contribution < 1.29 is 14.2 Å². The van der Waals surface area contributed by atoms with Crippen molar-refractivity contribution in [3.05, 3.63) is 76.2 Å². The van der Waals surface area contributed by atoms with Crippen LogP contribution in [0, 0.1) is 10.1 Å². The van der Waals surface area contributed by atoms with Gasteiger partial charge in [0.1, 0.15) is 0 Å². The van der Waals surface area contributed by atoms with Crippen LogP contribution in [-0.4, -0.2) is 27.1 Å². The van der Waals surface area contributed by atoms with E-state index in [0.29, 0.717) is 22.7 Å². The average Bonchev–Trinajstić information content (AvgIpc) is 3.18. The van der Waals surface area contributed by atoms with Gasteiger partial charge >= 0.3 is 6.03 Å². The maximum absolute atomic E-state index is 12.0. The van der Waals surface area contributed by atoms with E-state index in [1.165, 1.54) is 12.1 Å². The maximum atomic E-state index is 12.0. The van der Waals surface area contributed by atoms with Crippen LogP contribution in [0.25, 0.3) is 22.7 Å². The summed E-state index contributed by atoms with van der Waals surface area (Å²) in [7, 11) is 0. The van der Waals surface area contributed by atoms with E-state index in [9.17, 15) is 14.9 Å². The molecule has 28 heavy (non-hydrogen) atoms. The van der Waals surface area contributed by atoms with Gasteiger partial charge in [0, 0.05) is 23.3 Å². The number of nitro benzene ring substituents is 1. The van der Waals surface area contributed by atoms with Crippen molar-refractivity contribution >= 4 is 23.0 Å². The quantitative estimate of drug-likeness (QED) is 0.531. The van der Waals surface area contributed by atoms with Crippen molar-refractivity contribution in [1.82, 2.24) is 20.8 Å². The average molecular weight is 377 g/mol. The molecule has 1 aromatic heterocycles. The molecule has 2 aromatic carbocycles. The van der Waals surface area contributed by atoms with Crippen LogP contribution in [0.2, 0.25) is 0 Å². The van der Waals surface area contributed by atoms with Crippen molar-refractivity contribution in [1.29, 1.82) is 0 Å². The Morgan fingerprint density at radius 1 is 1.11 bits per heavy atom. The summed E-state index contributed by atoms with van der Waals surface area (Å²) in [5.74, 6) is 0.631. The normalized spacial score (nSPS) is 16.5. The summed E-state index contributed by atoms with van der Waals surface area (Å²) in [5, 5.41) is 20.6. The van der Waals surface area contributed by atoms with E-state index in [1.807, 2.05) is 30.3 Å². The third-order valence-electron chi connectivity index (χ3n) is 4.32. The third-order valence-corrected chi connectivity index (χ3v) is 4.32. The molecule has 2 amide bonds. The number of urea groups is 1. The second-order valence-electron chi connectivity index (χ2n) is 6.21. The zero-order chi connectivity index (χ0) is 19.7. The molecule has 1 aliphatic rings. The Morgan fingerprint density at radius 3 is 2.61 bits per heavy atom. The molecule has 2 heterocycles. The molecule has 1 atom stereocenters. The Labute approximate surface area is 159 Å². The van der Waals surface area contributed by atoms with Crippen molar-refractivity contribution in [2.75, 3.05) is 0 Å². The predicted molar refractivity (Wildman–Crippen MR) is 101 cm³/mol. The van der Waals surface area contributed by atoms with Gasteiger partial charge in [-0.25, -0.2) is 4.79 Å². The number of hydrogen-bond acceptors (Lipinski definition) is 6. The lowest BCUT2D eigenvalue weighted by atomic mass is 9.98. The minimum atomic E-state index is -0.490. The number of carbonyl (C=O) groups excluding carboxylic acids is 1.